The molecule has 3 aromatic rings. The molecule has 1 unspecified atom stereocenters. The maximum absolute atomic E-state index is 13.0. The molecule has 0 radical (unpaired) electrons. The Labute approximate surface area is 161 Å². The van der Waals surface area contributed by atoms with Gasteiger partial charge in [-0.05, 0) is 42.0 Å². The van der Waals surface area contributed by atoms with Crippen LogP contribution >= 0.6 is 11.8 Å². The molecular weight excluding hydrogens is 358 g/mol. The zero-order chi connectivity index (χ0) is 18.8. The summed E-state index contributed by atoms with van der Waals surface area (Å²) in [6.45, 7) is 0. The Morgan fingerprint density at radius 2 is 1.33 bits per heavy atom. The Morgan fingerprint density at radius 3 is 1.89 bits per heavy atom. The first-order valence-corrected chi connectivity index (χ1v) is 9.39. The number of amides is 2. The van der Waals surface area contributed by atoms with Gasteiger partial charge in [0.2, 0.25) is 0 Å². The van der Waals surface area contributed by atoms with Crippen molar-refractivity contribution in [1.29, 1.82) is 0 Å². The molecule has 0 bridgehead atoms. The van der Waals surface area contributed by atoms with Gasteiger partial charge in [-0.3, -0.25) is 14.5 Å². The molecule has 4 rings (SSSR count). The van der Waals surface area contributed by atoms with Gasteiger partial charge in [0.15, 0.2) is 0 Å². The van der Waals surface area contributed by atoms with E-state index in [0.29, 0.717) is 11.1 Å². The third-order valence-electron chi connectivity index (χ3n) is 4.45. The number of ether oxygens (including phenoxy) is 1. The fourth-order valence-corrected chi connectivity index (χ4v) is 4.25. The largest absolute Gasteiger partial charge is 0.497 e. The zero-order valence-electron chi connectivity index (χ0n) is 14.7. The third-order valence-corrected chi connectivity index (χ3v) is 5.70. The van der Waals surface area contributed by atoms with Gasteiger partial charge in [-0.2, -0.15) is 0 Å². The second-order valence-corrected chi connectivity index (χ2v) is 7.24. The van der Waals surface area contributed by atoms with Crippen molar-refractivity contribution in [2.75, 3.05) is 7.11 Å². The van der Waals surface area contributed by atoms with Gasteiger partial charge in [0, 0.05) is 4.90 Å². The van der Waals surface area contributed by atoms with E-state index in [1.165, 1.54) is 16.7 Å². The molecule has 4 nitrogen and oxygen atoms in total. The first-order chi connectivity index (χ1) is 13.2. The van der Waals surface area contributed by atoms with Gasteiger partial charge in [-0.1, -0.05) is 54.2 Å². The molecule has 1 aliphatic heterocycles. The Kier molecular flexibility index (Phi) is 4.69. The van der Waals surface area contributed by atoms with Crippen molar-refractivity contribution >= 4 is 23.6 Å². The van der Waals surface area contributed by atoms with Gasteiger partial charge in [0.05, 0.1) is 18.2 Å². The summed E-state index contributed by atoms with van der Waals surface area (Å²) in [5.41, 5.74) is 1.77. The van der Waals surface area contributed by atoms with Crippen molar-refractivity contribution in [3.8, 4) is 5.75 Å². The maximum atomic E-state index is 13.0. The van der Waals surface area contributed by atoms with E-state index in [4.69, 9.17) is 4.74 Å². The topological polar surface area (TPSA) is 46.6 Å². The Hall–Kier alpha value is -3.05. The molecule has 0 spiro atoms. The van der Waals surface area contributed by atoms with Crippen LogP contribution in [0.2, 0.25) is 0 Å². The number of hydrogen-bond donors (Lipinski definition) is 0. The molecular formula is C22H17NO3S. The molecule has 134 valence electrons. The smallest absolute Gasteiger partial charge is 0.262 e. The lowest BCUT2D eigenvalue weighted by Crippen LogP contribution is -2.32. The highest BCUT2D eigenvalue weighted by atomic mass is 32.2. The van der Waals surface area contributed by atoms with Crippen molar-refractivity contribution in [1.82, 2.24) is 4.90 Å². The summed E-state index contributed by atoms with van der Waals surface area (Å²) in [5.74, 6) is 0.198. The molecule has 0 N–H and O–H groups in total. The van der Waals surface area contributed by atoms with Gasteiger partial charge in [0.25, 0.3) is 11.8 Å². The number of thioether (sulfide) groups is 1. The number of benzene rings is 3. The highest BCUT2D eigenvalue weighted by Crippen LogP contribution is 2.42. The summed E-state index contributed by atoms with van der Waals surface area (Å²) in [6, 6.07) is 24.2. The minimum atomic E-state index is -0.467. The van der Waals surface area contributed by atoms with Crippen molar-refractivity contribution in [2.24, 2.45) is 0 Å². The van der Waals surface area contributed by atoms with E-state index in [9.17, 15) is 9.59 Å². The van der Waals surface area contributed by atoms with E-state index in [1.807, 2.05) is 54.6 Å². The zero-order valence-corrected chi connectivity index (χ0v) is 15.5. The number of imide groups is 1. The van der Waals surface area contributed by atoms with Crippen molar-refractivity contribution in [3.05, 3.63) is 95.6 Å². The van der Waals surface area contributed by atoms with E-state index < -0.39 is 5.37 Å². The van der Waals surface area contributed by atoms with Crippen LogP contribution in [0.3, 0.4) is 0 Å². The van der Waals surface area contributed by atoms with Crippen molar-refractivity contribution in [3.63, 3.8) is 0 Å². The fourth-order valence-electron chi connectivity index (χ4n) is 3.09. The minimum absolute atomic E-state index is 0.264. The third kappa shape index (κ3) is 3.22. The molecule has 3 aromatic carbocycles. The van der Waals surface area contributed by atoms with Crippen LogP contribution in [-0.2, 0) is 0 Å². The first-order valence-electron chi connectivity index (χ1n) is 8.51. The number of rotatable bonds is 5. The Morgan fingerprint density at radius 1 is 0.778 bits per heavy atom. The summed E-state index contributed by atoms with van der Waals surface area (Å²) in [4.78, 5) is 28.3. The fraction of sp³-hybridized carbons (Fsp3) is 0.0909. The first kappa shape index (κ1) is 17.4. The van der Waals surface area contributed by atoms with E-state index in [0.717, 1.165) is 16.2 Å². The van der Waals surface area contributed by atoms with Gasteiger partial charge < -0.3 is 4.74 Å². The van der Waals surface area contributed by atoms with Gasteiger partial charge >= 0.3 is 0 Å². The number of fused-ring (bicyclic) bond motifs is 1. The van der Waals surface area contributed by atoms with Gasteiger partial charge in [0.1, 0.15) is 11.1 Å². The predicted octanol–water partition coefficient (Wildman–Crippen LogP) is 4.78. The van der Waals surface area contributed by atoms with Crippen LogP contribution in [0, 0.1) is 0 Å². The molecule has 0 saturated carbocycles. The number of nitrogens with zero attached hydrogens (tertiary/aromatic N) is 1. The van der Waals surface area contributed by atoms with Crippen molar-refractivity contribution < 1.29 is 14.3 Å². The second kappa shape index (κ2) is 7.29. The molecule has 0 aliphatic carbocycles. The van der Waals surface area contributed by atoms with Crippen LogP contribution in [0.25, 0.3) is 0 Å². The van der Waals surface area contributed by atoms with E-state index in [-0.39, 0.29) is 11.8 Å². The summed E-state index contributed by atoms with van der Waals surface area (Å²) < 4.78 is 5.23. The van der Waals surface area contributed by atoms with Crippen LogP contribution in [-0.4, -0.2) is 23.8 Å². The molecule has 1 heterocycles. The number of hydrogen-bond acceptors (Lipinski definition) is 4. The highest BCUT2D eigenvalue weighted by molar-refractivity contribution is 7.99. The Balaban J connectivity index is 1.76. The highest BCUT2D eigenvalue weighted by Gasteiger charge is 2.40. The molecule has 5 heteroatoms. The number of carbonyl (C=O) groups is 2. The molecule has 2 amide bonds. The minimum Gasteiger partial charge on any atom is -0.497 e. The van der Waals surface area contributed by atoms with E-state index >= 15 is 0 Å². The van der Waals surface area contributed by atoms with Crippen LogP contribution in [0.4, 0.5) is 0 Å². The monoisotopic (exact) mass is 375 g/mol. The molecule has 0 fully saturated rings. The molecule has 1 atom stereocenters. The van der Waals surface area contributed by atoms with E-state index in [2.05, 4.69) is 0 Å². The number of carbonyl (C=O) groups excluding carboxylic acids is 2. The van der Waals surface area contributed by atoms with Crippen LogP contribution in [0.5, 0.6) is 5.75 Å². The lowest BCUT2D eigenvalue weighted by molar-refractivity contribution is 0.0636. The van der Waals surface area contributed by atoms with Gasteiger partial charge in [-0.15, -0.1) is 0 Å². The summed E-state index contributed by atoms with van der Waals surface area (Å²) in [7, 11) is 1.61. The SMILES string of the molecule is COc1ccc(C(Sc2ccccc2)N2C(=O)c3ccccc3C2=O)cc1. The van der Waals surface area contributed by atoms with Crippen LogP contribution < -0.4 is 4.74 Å². The number of methoxy groups -OCH3 is 1. The average molecular weight is 375 g/mol. The molecule has 0 aromatic heterocycles. The van der Waals surface area contributed by atoms with Gasteiger partial charge in [-0.25, -0.2) is 0 Å². The Bertz CT molecular complexity index is 951. The molecule has 27 heavy (non-hydrogen) atoms. The normalized spacial score (nSPS) is 14.2. The lowest BCUT2D eigenvalue weighted by Gasteiger charge is -2.26. The average Bonchev–Trinajstić information content (AvgIpc) is 2.98. The predicted molar refractivity (Wildman–Crippen MR) is 105 cm³/mol. The summed E-state index contributed by atoms with van der Waals surface area (Å²) in [5, 5.41) is -0.467. The summed E-state index contributed by atoms with van der Waals surface area (Å²) in [6.07, 6.45) is 0. The van der Waals surface area contributed by atoms with Crippen LogP contribution in [0.15, 0.2) is 83.8 Å². The second-order valence-electron chi connectivity index (χ2n) is 6.08. The standard InChI is InChI=1S/C22H17NO3S/c1-26-16-13-11-15(12-14-16)22(27-17-7-3-2-4-8-17)23-20(24)18-9-5-6-10-19(18)21(23)25/h2-14,22H,1H3. The molecule has 1 aliphatic rings. The van der Waals surface area contributed by atoms with Crippen molar-refractivity contribution in [2.45, 2.75) is 10.3 Å². The van der Waals surface area contributed by atoms with E-state index in [1.54, 1.807) is 31.4 Å². The lowest BCUT2D eigenvalue weighted by atomic mass is 10.1. The summed E-state index contributed by atoms with van der Waals surface area (Å²) >= 11 is 1.47. The quantitative estimate of drug-likeness (QED) is 0.475. The maximum Gasteiger partial charge on any atom is 0.262 e. The van der Waals surface area contributed by atoms with Crippen LogP contribution in [0.1, 0.15) is 31.7 Å². The molecule has 0 saturated heterocycles.